The van der Waals surface area contributed by atoms with Gasteiger partial charge in [-0.3, -0.25) is 9.69 Å². The van der Waals surface area contributed by atoms with Crippen molar-refractivity contribution in [1.82, 2.24) is 4.90 Å². The fourth-order valence-electron chi connectivity index (χ4n) is 3.48. The minimum Gasteiger partial charge on any atom is -0.465 e. The molecule has 0 unspecified atom stereocenters. The monoisotopic (exact) mass is 400 g/mol. The van der Waals surface area contributed by atoms with Crippen molar-refractivity contribution >= 4 is 29.2 Å². The minimum atomic E-state index is -0.412. The van der Waals surface area contributed by atoms with E-state index in [9.17, 15) is 9.59 Å². The molecule has 3 rings (SSSR count). The Hall–Kier alpha value is -2.37. The van der Waals surface area contributed by atoms with Crippen LogP contribution in [0, 0.1) is 12.8 Å². The fourth-order valence-corrected chi connectivity index (χ4v) is 3.70. The molecule has 1 aliphatic rings. The SMILES string of the molecule is COC(=O)c1ccc(C)c(NC(=O)C2CCN(Cc3cccc(Cl)c3)CC2)c1. The van der Waals surface area contributed by atoms with Crippen LogP contribution in [0.4, 0.5) is 5.69 Å². The summed E-state index contributed by atoms with van der Waals surface area (Å²) in [4.78, 5) is 26.8. The summed E-state index contributed by atoms with van der Waals surface area (Å²) in [5.74, 6) is -0.436. The molecule has 0 saturated carbocycles. The lowest BCUT2D eigenvalue weighted by atomic mass is 9.95. The van der Waals surface area contributed by atoms with Gasteiger partial charge in [-0.05, 0) is 68.2 Å². The topological polar surface area (TPSA) is 58.6 Å². The van der Waals surface area contributed by atoms with E-state index in [0.29, 0.717) is 11.3 Å². The van der Waals surface area contributed by atoms with Crippen molar-refractivity contribution in [2.45, 2.75) is 26.3 Å². The van der Waals surface area contributed by atoms with E-state index < -0.39 is 5.97 Å². The second-order valence-corrected chi connectivity index (χ2v) is 7.63. The van der Waals surface area contributed by atoms with Crippen molar-refractivity contribution in [3.63, 3.8) is 0 Å². The number of carbonyl (C=O) groups is 2. The molecule has 1 heterocycles. The van der Waals surface area contributed by atoms with E-state index >= 15 is 0 Å². The normalized spacial score (nSPS) is 15.2. The molecule has 0 spiro atoms. The number of benzene rings is 2. The van der Waals surface area contributed by atoms with E-state index in [1.165, 1.54) is 12.7 Å². The molecule has 5 nitrogen and oxygen atoms in total. The number of hydrogen-bond acceptors (Lipinski definition) is 4. The number of nitrogens with zero attached hydrogens (tertiary/aromatic N) is 1. The van der Waals surface area contributed by atoms with Crippen LogP contribution >= 0.6 is 11.6 Å². The van der Waals surface area contributed by atoms with Gasteiger partial charge in [-0.1, -0.05) is 29.8 Å². The number of hydrogen-bond donors (Lipinski definition) is 1. The van der Waals surface area contributed by atoms with Gasteiger partial charge in [0.1, 0.15) is 0 Å². The van der Waals surface area contributed by atoms with Gasteiger partial charge in [-0.25, -0.2) is 4.79 Å². The second kappa shape index (κ2) is 9.22. The molecule has 1 N–H and O–H groups in total. The Labute approximate surface area is 170 Å². The average Bonchev–Trinajstić information content (AvgIpc) is 2.69. The molecule has 28 heavy (non-hydrogen) atoms. The smallest absolute Gasteiger partial charge is 0.337 e. The maximum Gasteiger partial charge on any atom is 0.337 e. The van der Waals surface area contributed by atoms with Crippen molar-refractivity contribution in [1.29, 1.82) is 0 Å². The lowest BCUT2D eigenvalue weighted by Gasteiger charge is -2.31. The number of esters is 1. The Balaban J connectivity index is 1.56. The quantitative estimate of drug-likeness (QED) is 0.761. The van der Waals surface area contributed by atoms with Gasteiger partial charge in [-0.15, -0.1) is 0 Å². The average molecular weight is 401 g/mol. The highest BCUT2D eigenvalue weighted by Gasteiger charge is 2.25. The lowest BCUT2D eigenvalue weighted by Crippen LogP contribution is -2.37. The van der Waals surface area contributed by atoms with Crippen molar-refractivity contribution in [3.8, 4) is 0 Å². The first-order valence-corrected chi connectivity index (χ1v) is 9.80. The zero-order valence-electron chi connectivity index (χ0n) is 16.2. The van der Waals surface area contributed by atoms with Gasteiger partial charge in [0.15, 0.2) is 0 Å². The highest BCUT2D eigenvalue weighted by atomic mass is 35.5. The molecular weight excluding hydrogens is 376 g/mol. The number of rotatable bonds is 5. The third-order valence-electron chi connectivity index (χ3n) is 5.17. The summed E-state index contributed by atoms with van der Waals surface area (Å²) in [6.07, 6.45) is 1.62. The molecule has 2 aromatic rings. The Kier molecular flexibility index (Phi) is 6.70. The van der Waals surface area contributed by atoms with Crippen molar-refractivity contribution in [2.24, 2.45) is 5.92 Å². The van der Waals surface area contributed by atoms with Crippen molar-refractivity contribution in [3.05, 3.63) is 64.2 Å². The predicted octanol–water partition coefficient (Wildman–Crippen LogP) is 4.29. The number of nitrogens with one attached hydrogen (secondary N) is 1. The maximum atomic E-state index is 12.7. The molecule has 1 amide bonds. The van der Waals surface area contributed by atoms with Crippen molar-refractivity contribution in [2.75, 3.05) is 25.5 Å². The van der Waals surface area contributed by atoms with E-state index in [1.807, 2.05) is 31.2 Å². The first kappa shape index (κ1) is 20.4. The standard InChI is InChI=1S/C22H25ClN2O3/c1-15-6-7-18(22(27)28-2)13-20(15)24-21(26)17-8-10-25(11-9-17)14-16-4-3-5-19(23)12-16/h3-7,12-13,17H,8-11,14H2,1-2H3,(H,24,26). The van der Waals surface area contributed by atoms with Crippen LogP contribution < -0.4 is 5.32 Å². The van der Waals surface area contributed by atoms with Crippen LogP contribution in [0.5, 0.6) is 0 Å². The van der Waals surface area contributed by atoms with Gasteiger partial charge in [0, 0.05) is 23.2 Å². The van der Waals surface area contributed by atoms with Gasteiger partial charge >= 0.3 is 5.97 Å². The largest absolute Gasteiger partial charge is 0.465 e. The number of halogens is 1. The zero-order chi connectivity index (χ0) is 20.1. The zero-order valence-corrected chi connectivity index (χ0v) is 17.0. The molecule has 0 aromatic heterocycles. The van der Waals surface area contributed by atoms with Crippen LogP contribution in [0.25, 0.3) is 0 Å². The third-order valence-corrected chi connectivity index (χ3v) is 5.41. The molecule has 0 bridgehead atoms. The van der Waals surface area contributed by atoms with Crippen LogP contribution in [0.15, 0.2) is 42.5 Å². The molecular formula is C22H25ClN2O3. The van der Waals surface area contributed by atoms with E-state index in [4.69, 9.17) is 16.3 Å². The number of ether oxygens (including phenoxy) is 1. The van der Waals surface area contributed by atoms with Crippen LogP contribution in [0.1, 0.15) is 34.3 Å². The number of methoxy groups -OCH3 is 1. The minimum absolute atomic E-state index is 0.00696. The Bertz CT molecular complexity index is 861. The molecule has 148 valence electrons. The molecule has 0 atom stereocenters. The second-order valence-electron chi connectivity index (χ2n) is 7.19. The number of likely N-dealkylation sites (tertiary alicyclic amines) is 1. The summed E-state index contributed by atoms with van der Waals surface area (Å²) >= 11 is 6.06. The van der Waals surface area contributed by atoms with Crippen molar-refractivity contribution < 1.29 is 14.3 Å². The number of anilines is 1. The summed E-state index contributed by atoms with van der Waals surface area (Å²) < 4.78 is 4.75. The van der Waals surface area contributed by atoms with Gasteiger partial charge in [0.25, 0.3) is 0 Å². The predicted molar refractivity (Wildman–Crippen MR) is 111 cm³/mol. The summed E-state index contributed by atoms with van der Waals surface area (Å²) in [5.41, 5.74) is 3.19. The van der Waals surface area contributed by atoms with Crippen LogP contribution in [0.3, 0.4) is 0 Å². The number of carbonyl (C=O) groups excluding carboxylic acids is 2. The first-order valence-electron chi connectivity index (χ1n) is 9.43. The van der Waals surface area contributed by atoms with Gasteiger partial charge in [0.05, 0.1) is 12.7 Å². The highest BCUT2D eigenvalue weighted by Crippen LogP contribution is 2.24. The molecule has 2 aromatic carbocycles. The molecule has 1 fully saturated rings. The third kappa shape index (κ3) is 5.12. The van der Waals surface area contributed by atoms with E-state index in [0.717, 1.165) is 43.1 Å². The summed E-state index contributed by atoms with van der Waals surface area (Å²) in [5, 5.41) is 3.74. The van der Waals surface area contributed by atoms with Crippen LogP contribution in [-0.2, 0) is 16.1 Å². The van der Waals surface area contributed by atoms with Gasteiger partial charge in [-0.2, -0.15) is 0 Å². The lowest BCUT2D eigenvalue weighted by molar-refractivity contribution is -0.121. The maximum absolute atomic E-state index is 12.7. The first-order chi connectivity index (χ1) is 13.5. The molecule has 0 aliphatic carbocycles. The molecule has 0 radical (unpaired) electrons. The number of aryl methyl sites for hydroxylation is 1. The van der Waals surface area contributed by atoms with Gasteiger partial charge < -0.3 is 10.1 Å². The van der Waals surface area contributed by atoms with Crippen LogP contribution in [-0.4, -0.2) is 37.0 Å². The van der Waals surface area contributed by atoms with E-state index in [-0.39, 0.29) is 11.8 Å². The summed E-state index contributed by atoms with van der Waals surface area (Å²) in [6, 6.07) is 13.1. The Morgan fingerprint density at radius 3 is 2.61 bits per heavy atom. The molecule has 1 aliphatic heterocycles. The highest BCUT2D eigenvalue weighted by molar-refractivity contribution is 6.30. The number of amides is 1. The number of piperidine rings is 1. The van der Waals surface area contributed by atoms with E-state index in [1.54, 1.807) is 12.1 Å². The summed E-state index contributed by atoms with van der Waals surface area (Å²) in [6.45, 7) is 4.48. The fraction of sp³-hybridized carbons (Fsp3) is 0.364. The van der Waals surface area contributed by atoms with Gasteiger partial charge in [0.2, 0.25) is 5.91 Å². The van der Waals surface area contributed by atoms with E-state index in [2.05, 4.69) is 16.3 Å². The Morgan fingerprint density at radius 1 is 1.18 bits per heavy atom. The van der Waals surface area contributed by atoms with Crippen LogP contribution in [0.2, 0.25) is 5.02 Å². The summed E-state index contributed by atoms with van der Waals surface area (Å²) in [7, 11) is 1.34. The molecule has 6 heteroatoms. The molecule has 1 saturated heterocycles. The Morgan fingerprint density at radius 2 is 1.93 bits per heavy atom.